The summed E-state index contributed by atoms with van der Waals surface area (Å²) in [5.74, 6) is 0. The molecule has 1 rings (SSSR count). The van der Waals surface area contributed by atoms with E-state index in [2.05, 4.69) is 20.9 Å². The first kappa shape index (κ1) is 13.7. The first-order valence-electron chi connectivity index (χ1n) is 3.84. The van der Waals surface area contributed by atoms with Crippen molar-refractivity contribution in [3.63, 3.8) is 0 Å². The average molecular weight is 321 g/mol. The van der Waals surface area contributed by atoms with Crippen LogP contribution in [0.25, 0.3) is 0 Å². The number of pyridine rings is 1. The van der Waals surface area contributed by atoms with Crippen molar-refractivity contribution >= 4 is 21.6 Å². The van der Waals surface area contributed by atoms with Crippen LogP contribution in [0.3, 0.4) is 0 Å². The van der Waals surface area contributed by atoms with Crippen LogP contribution in [0.1, 0.15) is 17.7 Å². The van der Waals surface area contributed by atoms with Gasteiger partial charge in [-0.2, -0.15) is 13.2 Å². The van der Waals surface area contributed by atoms with Gasteiger partial charge in [0.1, 0.15) is 0 Å². The quantitative estimate of drug-likeness (QED) is 0.474. The lowest BCUT2D eigenvalue weighted by atomic mass is 10.1. The Kier molecular flexibility index (Phi) is 3.65. The standard InChI is InChI=1S/C7H2BrF5N2O2/c8-2-1-14-4(6(9)10)5(15(16)17)3(2)7(11,12)13/h1,6H. The van der Waals surface area contributed by atoms with Crippen LogP contribution < -0.4 is 0 Å². The van der Waals surface area contributed by atoms with Crippen molar-refractivity contribution < 1.29 is 26.9 Å². The summed E-state index contributed by atoms with van der Waals surface area (Å²) in [6, 6.07) is 0. The average Bonchev–Trinajstić information content (AvgIpc) is 2.14. The van der Waals surface area contributed by atoms with E-state index in [4.69, 9.17) is 0 Å². The van der Waals surface area contributed by atoms with E-state index >= 15 is 0 Å². The van der Waals surface area contributed by atoms with E-state index in [0.29, 0.717) is 6.20 Å². The monoisotopic (exact) mass is 320 g/mol. The molecule has 0 spiro atoms. The number of nitro groups is 1. The van der Waals surface area contributed by atoms with Crippen molar-refractivity contribution in [1.29, 1.82) is 0 Å². The Bertz CT molecular complexity index is 462. The third kappa shape index (κ3) is 2.68. The number of nitrogens with zero attached hydrogens (tertiary/aromatic N) is 2. The Balaban J connectivity index is 3.67. The first-order chi connectivity index (χ1) is 7.66. The van der Waals surface area contributed by atoms with Crippen molar-refractivity contribution in [2.45, 2.75) is 12.6 Å². The molecule has 0 aliphatic rings. The number of rotatable bonds is 2. The van der Waals surface area contributed by atoms with Gasteiger partial charge in [0.25, 0.3) is 6.43 Å². The number of hydrogen-bond donors (Lipinski definition) is 0. The molecule has 0 bridgehead atoms. The van der Waals surface area contributed by atoms with E-state index in [0.717, 1.165) is 0 Å². The van der Waals surface area contributed by atoms with Gasteiger partial charge in [-0.3, -0.25) is 10.1 Å². The number of alkyl halides is 5. The summed E-state index contributed by atoms with van der Waals surface area (Å²) in [5.41, 5.74) is -5.01. The second kappa shape index (κ2) is 4.51. The van der Waals surface area contributed by atoms with Gasteiger partial charge < -0.3 is 0 Å². The predicted molar refractivity (Wildman–Crippen MR) is 48.6 cm³/mol. The van der Waals surface area contributed by atoms with Crippen molar-refractivity contribution in [3.8, 4) is 0 Å². The van der Waals surface area contributed by atoms with Crippen molar-refractivity contribution in [3.05, 3.63) is 32.0 Å². The van der Waals surface area contributed by atoms with Gasteiger partial charge >= 0.3 is 11.9 Å². The van der Waals surface area contributed by atoms with Gasteiger partial charge in [-0.05, 0) is 15.9 Å². The highest BCUT2D eigenvalue weighted by atomic mass is 79.9. The molecule has 0 atom stereocenters. The van der Waals surface area contributed by atoms with E-state index in [9.17, 15) is 32.1 Å². The van der Waals surface area contributed by atoms with E-state index < -0.39 is 38.9 Å². The van der Waals surface area contributed by atoms with E-state index in [1.165, 1.54) is 0 Å². The highest BCUT2D eigenvalue weighted by Crippen LogP contribution is 2.43. The molecule has 0 saturated carbocycles. The maximum Gasteiger partial charge on any atom is 0.424 e. The lowest BCUT2D eigenvalue weighted by Gasteiger charge is -2.11. The molecular weight excluding hydrogens is 319 g/mol. The lowest BCUT2D eigenvalue weighted by molar-refractivity contribution is -0.389. The van der Waals surface area contributed by atoms with Crippen LogP contribution in [0.15, 0.2) is 10.7 Å². The molecule has 0 radical (unpaired) electrons. The van der Waals surface area contributed by atoms with Gasteiger partial charge in [0.15, 0.2) is 11.3 Å². The summed E-state index contributed by atoms with van der Waals surface area (Å²) in [7, 11) is 0. The van der Waals surface area contributed by atoms with Crippen LogP contribution >= 0.6 is 15.9 Å². The number of halogens is 6. The van der Waals surface area contributed by atoms with E-state index in [1.54, 1.807) is 0 Å². The van der Waals surface area contributed by atoms with E-state index in [1.807, 2.05) is 0 Å². The molecule has 10 heteroatoms. The largest absolute Gasteiger partial charge is 0.424 e. The molecule has 0 fully saturated rings. The molecule has 0 unspecified atom stereocenters. The van der Waals surface area contributed by atoms with Crippen molar-refractivity contribution in [1.82, 2.24) is 4.98 Å². The maximum atomic E-state index is 12.5. The third-order valence-electron chi connectivity index (χ3n) is 1.71. The Labute approximate surface area is 98.7 Å². The molecule has 0 aliphatic carbocycles. The summed E-state index contributed by atoms with van der Waals surface area (Å²) < 4.78 is 61.4. The number of hydrogen-bond acceptors (Lipinski definition) is 3. The molecule has 0 aromatic carbocycles. The normalized spacial score (nSPS) is 11.9. The van der Waals surface area contributed by atoms with Crippen molar-refractivity contribution in [2.24, 2.45) is 0 Å². The second-order valence-electron chi connectivity index (χ2n) is 2.77. The summed E-state index contributed by atoms with van der Waals surface area (Å²) in [6.07, 6.45) is -8.14. The van der Waals surface area contributed by atoms with Crippen LogP contribution in [0.5, 0.6) is 0 Å². The molecule has 0 amide bonds. The topological polar surface area (TPSA) is 56.0 Å². The van der Waals surface area contributed by atoms with Crippen LogP contribution in [0.2, 0.25) is 0 Å². The van der Waals surface area contributed by atoms with Gasteiger partial charge in [0.2, 0.25) is 0 Å². The summed E-state index contributed by atoms with van der Waals surface area (Å²) in [5, 5.41) is 10.5. The lowest BCUT2D eigenvalue weighted by Crippen LogP contribution is -2.13. The van der Waals surface area contributed by atoms with E-state index in [-0.39, 0.29) is 0 Å². The zero-order valence-corrected chi connectivity index (χ0v) is 9.22. The van der Waals surface area contributed by atoms with Gasteiger partial charge in [-0.1, -0.05) is 0 Å². The maximum absolute atomic E-state index is 12.5. The van der Waals surface area contributed by atoms with Gasteiger partial charge in [0.05, 0.1) is 9.40 Å². The fourth-order valence-electron chi connectivity index (χ4n) is 1.11. The minimum atomic E-state index is -5.13. The molecule has 0 aliphatic heterocycles. The molecule has 17 heavy (non-hydrogen) atoms. The third-order valence-corrected chi connectivity index (χ3v) is 2.31. The molecule has 0 saturated heterocycles. The predicted octanol–water partition coefficient (Wildman–Crippen LogP) is 3.71. The smallest absolute Gasteiger partial charge is 0.258 e. The molecule has 0 N–H and O–H groups in total. The van der Waals surface area contributed by atoms with Crippen LogP contribution in [-0.2, 0) is 6.18 Å². The molecular formula is C7H2BrF5N2O2. The highest BCUT2D eigenvalue weighted by Gasteiger charge is 2.44. The Morgan fingerprint density at radius 2 is 1.94 bits per heavy atom. The van der Waals surface area contributed by atoms with Gasteiger partial charge in [-0.15, -0.1) is 0 Å². The first-order valence-corrected chi connectivity index (χ1v) is 4.63. The number of aromatic nitrogens is 1. The zero-order chi connectivity index (χ0) is 13.4. The highest BCUT2D eigenvalue weighted by molar-refractivity contribution is 9.10. The van der Waals surface area contributed by atoms with Crippen LogP contribution in [-0.4, -0.2) is 9.91 Å². The summed E-state index contributed by atoms with van der Waals surface area (Å²) >= 11 is 2.40. The Morgan fingerprint density at radius 1 is 1.41 bits per heavy atom. The Morgan fingerprint density at radius 3 is 2.29 bits per heavy atom. The fraction of sp³-hybridized carbons (Fsp3) is 0.286. The van der Waals surface area contributed by atoms with Crippen LogP contribution in [0.4, 0.5) is 27.6 Å². The minimum Gasteiger partial charge on any atom is -0.258 e. The summed E-state index contributed by atoms with van der Waals surface area (Å²) in [4.78, 5) is 11.9. The van der Waals surface area contributed by atoms with Crippen LogP contribution in [0, 0.1) is 10.1 Å². The minimum absolute atomic E-state index is 0.456. The fourth-order valence-corrected chi connectivity index (χ4v) is 1.62. The zero-order valence-electron chi connectivity index (χ0n) is 7.63. The van der Waals surface area contributed by atoms with Crippen molar-refractivity contribution in [2.75, 3.05) is 0 Å². The molecule has 1 aromatic rings. The molecule has 1 aromatic heterocycles. The Hall–Kier alpha value is -1.32. The summed E-state index contributed by atoms with van der Waals surface area (Å²) in [6.45, 7) is 0. The molecule has 4 nitrogen and oxygen atoms in total. The molecule has 1 heterocycles. The van der Waals surface area contributed by atoms with Gasteiger partial charge in [-0.25, -0.2) is 13.8 Å². The van der Waals surface area contributed by atoms with Gasteiger partial charge in [0, 0.05) is 6.20 Å². The molecule has 94 valence electrons. The second-order valence-corrected chi connectivity index (χ2v) is 3.62. The SMILES string of the molecule is O=[N+]([O-])c1c(C(F)F)ncc(Br)c1C(F)(F)F.